The molecule has 1 saturated heterocycles. The van der Waals surface area contributed by atoms with E-state index < -0.39 is 0 Å². The summed E-state index contributed by atoms with van der Waals surface area (Å²) in [5, 5.41) is 7.29. The molecule has 1 aliphatic rings. The molecule has 0 aliphatic carbocycles. The first kappa shape index (κ1) is 11.8. The van der Waals surface area contributed by atoms with Crippen LogP contribution in [-0.2, 0) is 0 Å². The van der Waals surface area contributed by atoms with Crippen molar-refractivity contribution in [1.82, 2.24) is 9.97 Å². The first-order valence-electron chi connectivity index (χ1n) is 6.11. The Morgan fingerprint density at radius 2 is 2.18 bits per heavy atom. The lowest BCUT2D eigenvalue weighted by atomic mass is 10.1. The zero-order chi connectivity index (χ0) is 12.3. The summed E-state index contributed by atoms with van der Waals surface area (Å²) in [4.78, 5) is 10.8. The van der Waals surface area contributed by atoms with Gasteiger partial charge in [0.1, 0.15) is 17.3 Å². The second-order valence-corrected chi connectivity index (χ2v) is 4.57. The standard InChI is InChI=1S/C12H19N5/c1-9-5-3-2-4-6-17(9)11-8-15-10(7-16-11)12(13)14/h7-9H,2-6H2,1H3,(H3,13,14). The third-order valence-electron chi connectivity index (χ3n) is 3.26. The molecular formula is C12H19N5. The molecule has 0 bridgehead atoms. The molecule has 0 spiro atoms. The Morgan fingerprint density at radius 1 is 1.35 bits per heavy atom. The Bertz CT molecular complexity index is 386. The van der Waals surface area contributed by atoms with Crippen molar-refractivity contribution in [3.8, 4) is 0 Å². The van der Waals surface area contributed by atoms with Crippen molar-refractivity contribution in [2.45, 2.75) is 38.6 Å². The maximum absolute atomic E-state index is 7.29. The van der Waals surface area contributed by atoms with E-state index in [-0.39, 0.29) is 5.84 Å². The lowest BCUT2D eigenvalue weighted by Crippen LogP contribution is -2.33. The van der Waals surface area contributed by atoms with Crippen molar-refractivity contribution in [3.63, 3.8) is 0 Å². The van der Waals surface area contributed by atoms with E-state index in [9.17, 15) is 0 Å². The van der Waals surface area contributed by atoms with Gasteiger partial charge in [-0.2, -0.15) is 0 Å². The fourth-order valence-electron chi connectivity index (χ4n) is 2.22. The van der Waals surface area contributed by atoms with Crippen LogP contribution < -0.4 is 10.6 Å². The van der Waals surface area contributed by atoms with E-state index in [0.29, 0.717) is 11.7 Å². The highest BCUT2D eigenvalue weighted by Gasteiger charge is 2.18. The summed E-state index contributed by atoms with van der Waals surface area (Å²) in [6, 6.07) is 0.509. The Hall–Kier alpha value is -1.65. The number of rotatable bonds is 2. The van der Waals surface area contributed by atoms with E-state index in [1.165, 1.54) is 25.7 Å². The summed E-state index contributed by atoms with van der Waals surface area (Å²) in [7, 11) is 0. The van der Waals surface area contributed by atoms with Crippen molar-refractivity contribution >= 4 is 11.7 Å². The highest BCUT2D eigenvalue weighted by molar-refractivity contribution is 5.92. The molecule has 1 atom stereocenters. The number of hydrogen-bond donors (Lipinski definition) is 2. The molecule has 1 aliphatic heterocycles. The summed E-state index contributed by atoms with van der Waals surface area (Å²) in [6.45, 7) is 3.27. The van der Waals surface area contributed by atoms with Gasteiger partial charge in [-0.25, -0.2) is 9.97 Å². The van der Waals surface area contributed by atoms with Crippen molar-refractivity contribution in [3.05, 3.63) is 18.1 Å². The number of nitrogens with one attached hydrogen (secondary N) is 1. The van der Waals surface area contributed by atoms with Gasteiger partial charge in [0, 0.05) is 12.6 Å². The fraction of sp³-hybridized carbons (Fsp3) is 0.583. The summed E-state index contributed by atoms with van der Waals surface area (Å²) in [5.41, 5.74) is 5.80. The second-order valence-electron chi connectivity index (χ2n) is 4.57. The van der Waals surface area contributed by atoms with Crippen LogP contribution in [0.1, 0.15) is 38.3 Å². The van der Waals surface area contributed by atoms with Crippen molar-refractivity contribution < 1.29 is 0 Å². The predicted molar refractivity (Wildman–Crippen MR) is 68.3 cm³/mol. The van der Waals surface area contributed by atoms with Crippen LogP contribution in [0.2, 0.25) is 0 Å². The lowest BCUT2D eigenvalue weighted by molar-refractivity contribution is 0.610. The van der Waals surface area contributed by atoms with Crippen LogP contribution >= 0.6 is 0 Å². The SMILES string of the molecule is CC1CCCCCN1c1cnc(C(=N)N)cn1. The molecular weight excluding hydrogens is 214 g/mol. The third-order valence-corrected chi connectivity index (χ3v) is 3.26. The maximum Gasteiger partial charge on any atom is 0.147 e. The van der Waals surface area contributed by atoms with Gasteiger partial charge in [0.2, 0.25) is 0 Å². The predicted octanol–water partition coefficient (Wildman–Crippen LogP) is 1.53. The topological polar surface area (TPSA) is 78.9 Å². The molecule has 1 fully saturated rings. The van der Waals surface area contributed by atoms with Crippen LogP contribution in [0.5, 0.6) is 0 Å². The molecule has 92 valence electrons. The van der Waals surface area contributed by atoms with Gasteiger partial charge in [0.15, 0.2) is 0 Å². The molecule has 1 unspecified atom stereocenters. The van der Waals surface area contributed by atoms with Gasteiger partial charge in [-0.3, -0.25) is 5.41 Å². The Kier molecular flexibility index (Phi) is 3.56. The molecule has 0 saturated carbocycles. The maximum atomic E-state index is 7.29. The van der Waals surface area contributed by atoms with E-state index >= 15 is 0 Å². The van der Waals surface area contributed by atoms with E-state index in [1.807, 2.05) is 0 Å². The van der Waals surface area contributed by atoms with Gasteiger partial charge >= 0.3 is 0 Å². The largest absolute Gasteiger partial charge is 0.382 e. The number of nitrogen functional groups attached to an aromatic ring is 1. The van der Waals surface area contributed by atoms with Crippen LogP contribution in [-0.4, -0.2) is 28.4 Å². The molecule has 1 aromatic rings. The summed E-state index contributed by atoms with van der Waals surface area (Å²) in [5.74, 6) is 0.859. The number of hydrogen-bond acceptors (Lipinski definition) is 4. The number of amidine groups is 1. The monoisotopic (exact) mass is 233 g/mol. The van der Waals surface area contributed by atoms with Gasteiger partial charge < -0.3 is 10.6 Å². The molecule has 5 nitrogen and oxygen atoms in total. The zero-order valence-electron chi connectivity index (χ0n) is 10.2. The summed E-state index contributed by atoms with van der Waals surface area (Å²) < 4.78 is 0. The first-order chi connectivity index (χ1) is 8.18. The minimum absolute atomic E-state index is 0.0343. The normalized spacial score (nSPS) is 21.0. The lowest BCUT2D eigenvalue weighted by Gasteiger charge is -2.27. The Morgan fingerprint density at radius 3 is 2.82 bits per heavy atom. The van der Waals surface area contributed by atoms with Crippen LogP contribution in [0.4, 0.5) is 5.82 Å². The average molecular weight is 233 g/mol. The van der Waals surface area contributed by atoms with Crippen molar-refractivity contribution in [2.75, 3.05) is 11.4 Å². The number of anilines is 1. The number of nitrogens with two attached hydrogens (primary N) is 1. The Balaban J connectivity index is 2.17. The quantitative estimate of drug-likeness (QED) is 0.599. The zero-order valence-corrected chi connectivity index (χ0v) is 10.2. The average Bonchev–Trinajstić information content (AvgIpc) is 2.54. The highest BCUT2D eigenvalue weighted by Crippen LogP contribution is 2.21. The van der Waals surface area contributed by atoms with Crippen molar-refractivity contribution in [1.29, 1.82) is 5.41 Å². The molecule has 2 heterocycles. The van der Waals surface area contributed by atoms with Gasteiger partial charge in [0.05, 0.1) is 12.4 Å². The van der Waals surface area contributed by atoms with Gasteiger partial charge in [-0.05, 0) is 19.8 Å². The van der Waals surface area contributed by atoms with E-state index in [0.717, 1.165) is 12.4 Å². The third kappa shape index (κ3) is 2.72. The van der Waals surface area contributed by atoms with E-state index in [2.05, 4.69) is 21.8 Å². The van der Waals surface area contributed by atoms with Crippen molar-refractivity contribution in [2.24, 2.45) is 5.73 Å². The molecule has 0 radical (unpaired) electrons. The van der Waals surface area contributed by atoms with Gasteiger partial charge in [0.25, 0.3) is 0 Å². The molecule has 2 rings (SSSR count). The van der Waals surface area contributed by atoms with Crippen LogP contribution in [0.25, 0.3) is 0 Å². The van der Waals surface area contributed by atoms with Crippen LogP contribution in [0, 0.1) is 5.41 Å². The Labute approximate surface area is 102 Å². The van der Waals surface area contributed by atoms with Crippen LogP contribution in [0.3, 0.4) is 0 Å². The molecule has 0 aromatic carbocycles. The van der Waals surface area contributed by atoms with E-state index in [4.69, 9.17) is 11.1 Å². The summed E-state index contributed by atoms with van der Waals surface area (Å²) in [6.07, 6.45) is 8.29. The highest BCUT2D eigenvalue weighted by atomic mass is 15.2. The summed E-state index contributed by atoms with van der Waals surface area (Å²) >= 11 is 0. The second kappa shape index (κ2) is 5.12. The van der Waals surface area contributed by atoms with Crippen LogP contribution in [0.15, 0.2) is 12.4 Å². The minimum Gasteiger partial charge on any atom is -0.382 e. The number of aromatic nitrogens is 2. The molecule has 0 amide bonds. The molecule has 5 heteroatoms. The van der Waals surface area contributed by atoms with Gasteiger partial charge in [-0.15, -0.1) is 0 Å². The van der Waals surface area contributed by atoms with E-state index in [1.54, 1.807) is 12.4 Å². The molecule has 1 aromatic heterocycles. The smallest absolute Gasteiger partial charge is 0.147 e. The fourth-order valence-corrected chi connectivity index (χ4v) is 2.22. The van der Waals surface area contributed by atoms with Gasteiger partial charge in [-0.1, -0.05) is 12.8 Å². The minimum atomic E-state index is -0.0343. The first-order valence-corrected chi connectivity index (χ1v) is 6.11. The number of nitrogens with zero attached hydrogens (tertiary/aromatic N) is 3. The molecule has 3 N–H and O–H groups in total. The molecule has 17 heavy (non-hydrogen) atoms.